The fraction of sp³-hybridized carbons (Fsp3) is 0.292. The van der Waals surface area contributed by atoms with Crippen LogP contribution < -0.4 is 4.74 Å². The molecule has 0 radical (unpaired) electrons. The molecule has 2 aromatic carbocycles. The average molecular weight is 464 g/mol. The van der Waals surface area contributed by atoms with Crippen molar-refractivity contribution in [3.63, 3.8) is 0 Å². The number of rotatable bonds is 4. The molecule has 0 bridgehead atoms. The molecule has 0 saturated carbocycles. The van der Waals surface area contributed by atoms with Gasteiger partial charge in [0.1, 0.15) is 17.1 Å². The fourth-order valence-corrected chi connectivity index (χ4v) is 4.08. The summed E-state index contributed by atoms with van der Waals surface area (Å²) in [5.74, 6) is -1.51. The van der Waals surface area contributed by atoms with Crippen LogP contribution in [-0.4, -0.2) is 53.2 Å². The van der Waals surface area contributed by atoms with Gasteiger partial charge in [-0.1, -0.05) is 35.9 Å². The SMILES string of the molecule is COC(=O)C1=C(C(=O)OC)[C@]2(C)N=[N+](c3ccc(C)cc3)[N-][C@]2(C)N1C(=O)Oc1ccccc1. The number of esters is 2. The lowest BCUT2D eigenvalue weighted by molar-refractivity contribution is -0.457. The number of carbonyl (C=O) groups is 3. The predicted molar refractivity (Wildman–Crippen MR) is 119 cm³/mol. The Labute approximate surface area is 196 Å². The van der Waals surface area contributed by atoms with Gasteiger partial charge in [-0.3, -0.25) is 4.90 Å². The van der Waals surface area contributed by atoms with Crippen LogP contribution >= 0.6 is 0 Å². The van der Waals surface area contributed by atoms with Crippen molar-refractivity contribution in [2.75, 3.05) is 14.2 Å². The van der Waals surface area contributed by atoms with Crippen LogP contribution in [0.15, 0.2) is 71.0 Å². The zero-order valence-electron chi connectivity index (χ0n) is 19.4. The molecule has 2 heterocycles. The minimum absolute atomic E-state index is 0.160. The van der Waals surface area contributed by atoms with Gasteiger partial charge in [-0.05, 0) is 32.9 Å². The molecule has 1 amide bonds. The summed E-state index contributed by atoms with van der Waals surface area (Å²) in [6.07, 6.45) is -0.927. The van der Waals surface area contributed by atoms with E-state index in [1.54, 1.807) is 44.2 Å². The number of aryl methyl sites for hydroxylation is 1. The maximum absolute atomic E-state index is 13.5. The highest BCUT2D eigenvalue weighted by atomic mass is 16.6. The molecule has 0 N–H and O–H groups in total. The van der Waals surface area contributed by atoms with E-state index in [9.17, 15) is 14.4 Å². The molecule has 0 saturated heterocycles. The molecule has 0 aliphatic carbocycles. The first kappa shape index (κ1) is 23.0. The van der Waals surface area contributed by atoms with Crippen molar-refractivity contribution >= 4 is 23.7 Å². The van der Waals surface area contributed by atoms with Gasteiger partial charge < -0.3 is 14.2 Å². The summed E-state index contributed by atoms with van der Waals surface area (Å²) in [6.45, 7) is 5.15. The number of ether oxygens (including phenoxy) is 3. The molecule has 176 valence electrons. The van der Waals surface area contributed by atoms with Gasteiger partial charge in [0, 0.05) is 12.1 Å². The number of nitrogens with zero attached hydrogens (tertiary/aromatic N) is 4. The van der Waals surface area contributed by atoms with E-state index in [1.165, 1.54) is 11.9 Å². The summed E-state index contributed by atoms with van der Waals surface area (Å²) in [5, 5.41) is 4.66. The topological polar surface area (TPSA) is 112 Å². The highest BCUT2D eigenvalue weighted by molar-refractivity contribution is 6.06. The normalized spacial score (nSPS) is 23.1. The van der Waals surface area contributed by atoms with E-state index in [-0.39, 0.29) is 17.0 Å². The Hall–Kier alpha value is -4.21. The Morgan fingerprint density at radius 3 is 2.15 bits per heavy atom. The number of hydrogen-bond donors (Lipinski definition) is 0. The van der Waals surface area contributed by atoms with E-state index in [2.05, 4.69) is 10.5 Å². The molecule has 2 aliphatic rings. The van der Waals surface area contributed by atoms with Crippen molar-refractivity contribution < 1.29 is 33.4 Å². The van der Waals surface area contributed by atoms with Gasteiger partial charge >= 0.3 is 18.0 Å². The number of azo groups is 1. The molecule has 2 atom stereocenters. The van der Waals surface area contributed by atoms with Gasteiger partial charge in [0.05, 0.1) is 25.3 Å². The summed E-state index contributed by atoms with van der Waals surface area (Å²) < 4.78 is 15.4. The van der Waals surface area contributed by atoms with Crippen molar-refractivity contribution in [3.8, 4) is 5.75 Å². The molecule has 10 nitrogen and oxygen atoms in total. The zero-order valence-corrected chi connectivity index (χ0v) is 19.4. The second-order valence-corrected chi connectivity index (χ2v) is 8.14. The van der Waals surface area contributed by atoms with Gasteiger partial charge in [-0.2, -0.15) is 10.5 Å². The van der Waals surface area contributed by atoms with E-state index in [1.807, 2.05) is 31.2 Å². The highest BCUT2D eigenvalue weighted by Crippen LogP contribution is 2.56. The molecule has 4 rings (SSSR count). The average Bonchev–Trinajstić information content (AvgIpc) is 3.20. The lowest BCUT2D eigenvalue weighted by Gasteiger charge is -2.40. The van der Waals surface area contributed by atoms with E-state index < -0.39 is 29.2 Å². The summed E-state index contributed by atoms with van der Waals surface area (Å²) in [4.78, 5) is 41.7. The third kappa shape index (κ3) is 3.38. The quantitative estimate of drug-likeness (QED) is 0.500. The largest absolute Gasteiger partial charge is 0.466 e. The van der Waals surface area contributed by atoms with Crippen molar-refractivity contribution in [2.45, 2.75) is 32.0 Å². The van der Waals surface area contributed by atoms with Crippen LogP contribution in [0.4, 0.5) is 10.5 Å². The molecule has 0 unspecified atom stereocenters. The summed E-state index contributed by atoms with van der Waals surface area (Å²) in [6, 6.07) is 15.7. The Morgan fingerprint density at radius 2 is 1.56 bits per heavy atom. The van der Waals surface area contributed by atoms with Crippen LogP contribution in [0.3, 0.4) is 0 Å². The molecule has 2 aliphatic heterocycles. The smallest absolute Gasteiger partial charge is 0.420 e. The fourth-order valence-electron chi connectivity index (χ4n) is 4.08. The van der Waals surface area contributed by atoms with Crippen molar-refractivity contribution in [1.29, 1.82) is 0 Å². The van der Waals surface area contributed by atoms with Gasteiger partial charge in [-0.15, -0.1) is 4.81 Å². The Kier molecular flexibility index (Phi) is 5.60. The zero-order chi connectivity index (χ0) is 24.7. The first-order valence-electron chi connectivity index (χ1n) is 10.5. The van der Waals surface area contributed by atoms with Gasteiger partial charge in [0.15, 0.2) is 0 Å². The first-order chi connectivity index (χ1) is 16.2. The van der Waals surface area contributed by atoms with E-state index in [4.69, 9.17) is 14.2 Å². The Balaban J connectivity index is 1.89. The summed E-state index contributed by atoms with van der Waals surface area (Å²) >= 11 is 0. The number of methoxy groups -OCH3 is 2. The number of para-hydroxylation sites is 1. The molecule has 10 heteroatoms. The highest BCUT2D eigenvalue weighted by Gasteiger charge is 2.66. The minimum atomic E-state index is -1.54. The van der Waals surface area contributed by atoms with E-state index >= 15 is 0 Å². The molecule has 2 aromatic rings. The number of hydrogen-bond acceptors (Lipinski definition) is 7. The lowest BCUT2D eigenvalue weighted by atomic mass is 9.84. The monoisotopic (exact) mass is 464 g/mol. The second-order valence-electron chi connectivity index (χ2n) is 8.14. The third-order valence-corrected chi connectivity index (χ3v) is 6.05. The molecule has 34 heavy (non-hydrogen) atoms. The number of carbonyl (C=O) groups excluding carboxylic acids is 3. The maximum Gasteiger partial charge on any atom is 0.420 e. The van der Waals surface area contributed by atoms with Crippen LogP contribution in [0.2, 0.25) is 0 Å². The van der Waals surface area contributed by atoms with E-state index in [0.717, 1.165) is 17.6 Å². The second kappa shape index (κ2) is 8.29. The van der Waals surface area contributed by atoms with Crippen LogP contribution in [0.1, 0.15) is 19.4 Å². The molecule has 0 fully saturated rings. The van der Waals surface area contributed by atoms with Gasteiger partial charge in [-0.25, -0.2) is 14.4 Å². The van der Waals surface area contributed by atoms with Crippen LogP contribution in [-0.2, 0) is 19.1 Å². The minimum Gasteiger partial charge on any atom is -0.466 e. The van der Waals surface area contributed by atoms with Gasteiger partial charge in [0.25, 0.3) is 0 Å². The lowest BCUT2D eigenvalue weighted by Crippen LogP contribution is -2.55. The molecule has 0 spiro atoms. The Morgan fingerprint density at radius 1 is 0.941 bits per heavy atom. The van der Waals surface area contributed by atoms with Crippen molar-refractivity contribution in [2.24, 2.45) is 5.11 Å². The summed E-state index contributed by atoms with van der Waals surface area (Å²) in [7, 11) is 2.33. The van der Waals surface area contributed by atoms with Gasteiger partial charge in [0.2, 0.25) is 5.69 Å². The third-order valence-electron chi connectivity index (χ3n) is 6.05. The van der Waals surface area contributed by atoms with E-state index in [0.29, 0.717) is 5.69 Å². The predicted octanol–water partition coefficient (Wildman–Crippen LogP) is 3.98. The molecule has 0 aromatic heterocycles. The summed E-state index contributed by atoms with van der Waals surface area (Å²) in [5.41, 5.74) is 2.80. The van der Waals surface area contributed by atoms with Crippen molar-refractivity contribution in [1.82, 2.24) is 4.90 Å². The van der Waals surface area contributed by atoms with Crippen LogP contribution in [0, 0.1) is 6.92 Å². The maximum atomic E-state index is 13.5. The standard InChI is InChI=1S/C24H24N4O6/c1-15-11-13-16(14-12-15)28-25-23(2)18(20(29)32-4)19(21(30)33-5)27(24(23,3)26-28)22(31)34-17-9-7-6-8-10-17/h6-14H,1-5H3/t23-,24+/m0/s1. The number of fused-ring (bicyclic) bond motifs is 1. The van der Waals surface area contributed by atoms with Crippen LogP contribution in [0.25, 0.3) is 5.43 Å². The molecular formula is C24H24N4O6. The van der Waals surface area contributed by atoms with Crippen LogP contribution in [0.5, 0.6) is 5.75 Å². The number of benzene rings is 2. The number of amides is 1. The Bertz CT molecular complexity index is 1220. The van der Waals surface area contributed by atoms with Crippen molar-refractivity contribution in [3.05, 3.63) is 76.9 Å². The first-order valence-corrected chi connectivity index (χ1v) is 10.5. The molecular weight excluding hydrogens is 440 g/mol.